The van der Waals surface area contributed by atoms with Crippen molar-refractivity contribution in [1.29, 1.82) is 0 Å². The van der Waals surface area contributed by atoms with Crippen LogP contribution in [0.5, 0.6) is 0 Å². The Morgan fingerprint density at radius 2 is 1.61 bits per heavy atom. The van der Waals surface area contributed by atoms with Crippen LogP contribution < -0.4 is 0 Å². The van der Waals surface area contributed by atoms with E-state index in [1.54, 1.807) is 0 Å². The summed E-state index contributed by atoms with van der Waals surface area (Å²) in [7, 11) is 0. The lowest BCUT2D eigenvalue weighted by Crippen LogP contribution is -2.09. The predicted octanol–water partition coefficient (Wildman–Crippen LogP) is 5.61. The first kappa shape index (κ1) is 13.2. The molecule has 1 heterocycles. The van der Waals surface area contributed by atoms with E-state index in [0.29, 0.717) is 0 Å². The molecule has 0 saturated heterocycles. The molecule has 0 nitrogen and oxygen atoms in total. The molecule has 0 saturated carbocycles. The predicted molar refractivity (Wildman–Crippen MR) is 82.3 cm³/mol. The summed E-state index contributed by atoms with van der Waals surface area (Å²) < 4.78 is 0. The normalized spacial score (nSPS) is 11.6. The molecule has 0 aliphatic heterocycles. The van der Waals surface area contributed by atoms with Crippen molar-refractivity contribution in [1.82, 2.24) is 0 Å². The van der Waals surface area contributed by atoms with Gasteiger partial charge in [-0.1, -0.05) is 39.0 Å². The van der Waals surface area contributed by atoms with E-state index >= 15 is 0 Å². The molecular weight excluding hydrogens is 236 g/mol. The van der Waals surface area contributed by atoms with Gasteiger partial charge >= 0.3 is 0 Å². The Bertz CT molecular complexity index is 562. The van der Waals surface area contributed by atoms with Crippen LogP contribution in [-0.2, 0) is 5.41 Å². The standard InChI is InChI=1S/C17H21S/c1-12-10-15(14-9-7-6-8-13(14)2)18-16(11-12)17(3,4)5/h6-11H,1-5H3/q+1. The molecule has 0 radical (unpaired) electrons. The minimum absolute atomic E-state index is 0.216. The fourth-order valence-corrected chi connectivity index (χ4v) is 3.36. The molecule has 0 fully saturated rings. The summed E-state index contributed by atoms with van der Waals surface area (Å²) in [5.41, 5.74) is 4.27. The van der Waals surface area contributed by atoms with Crippen LogP contribution in [-0.4, -0.2) is 0 Å². The monoisotopic (exact) mass is 257 g/mol. The van der Waals surface area contributed by atoms with Crippen LogP contribution in [0.4, 0.5) is 0 Å². The van der Waals surface area contributed by atoms with E-state index in [0.717, 1.165) is 0 Å². The van der Waals surface area contributed by atoms with Crippen LogP contribution in [0.2, 0.25) is 0 Å². The second kappa shape index (κ2) is 4.81. The molecule has 2 rings (SSSR count). The van der Waals surface area contributed by atoms with Gasteiger partial charge in [-0.2, -0.15) is 0 Å². The number of aryl methyl sites for hydroxylation is 2. The summed E-state index contributed by atoms with van der Waals surface area (Å²) in [4.78, 5) is 2.82. The summed E-state index contributed by atoms with van der Waals surface area (Å²) >= 11 is 1.91. The van der Waals surface area contributed by atoms with Crippen molar-refractivity contribution in [3.05, 3.63) is 52.4 Å². The number of hydrogen-bond acceptors (Lipinski definition) is 0. The molecule has 1 heteroatoms. The molecule has 0 amide bonds. The Morgan fingerprint density at radius 3 is 2.22 bits per heavy atom. The molecule has 94 valence electrons. The molecule has 0 N–H and O–H groups in total. The van der Waals surface area contributed by atoms with Gasteiger partial charge in [0.1, 0.15) is 0 Å². The van der Waals surface area contributed by atoms with Crippen LogP contribution in [0, 0.1) is 13.8 Å². The fraction of sp³-hybridized carbons (Fsp3) is 0.353. The van der Waals surface area contributed by atoms with E-state index in [1.807, 2.05) is 11.3 Å². The van der Waals surface area contributed by atoms with Crippen molar-refractivity contribution in [2.45, 2.75) is 40.0 Å². The third-order valence-electron chi connectivity index (χ3n) is 3.09. The minimum atomic E-state index is 0.216. The van der Waals surface area contributed by atoms with Crippen molar-refractivity contribution in [3.8, 4) is 10.4 Å². The largest absolute Gasteiger partial charge is 0.238 e. The zero-order valence-electron chi connectivity index (χ0n) is 11.9. The Morgan fingerprint density at radius 1 is 0.944 bits per heavy atom. The van der Waals surface area contributed by atoms with Crippen molar-refractivity contribution in [3.63, 3.8) is 0 Å². The van der Waals surface area contributed by atoms with Gasteiger partial charge in [0.25, 0.3) is 0 Å². The van der Waals surface area contributed by atoms with Gasteiger partial charge in [-0.25, -0.2) is 0 Å². The second-order valence-electron chi connectivity index (χ2n) is 5.93. The van der Waals surface area contributed by atoms with Gasteiger partial charge in [0, 0.05) is 23.1 Å². The minimum Gasteiger partial charge on any atom is -0.0620 e. The highest BCUT2D eigenvalue weighted by molar-refractivity contribution is 7.15. The summed E-state index contributed by atoms with van der Waals surface area (Å²) in [6, 6.07) is 13.2. The quantitative estimate of drug-likeness (QED) is 0.582. The first-order valence-electron chi connectivity index (χ1n) is 6.39. The molecule has 0 aliphatic rings. The van der Waals surface area contributed by atoms with E-state index in [-0.39, 0.29) is 5.41 Å². The first-order valence-corrected chi connectivity index (χ1v) is 7.21. The van der Waals surface area contributed by atoms with Crippen LogP contribution in [0.1, 0.15) is 36.8 Å². The van der Waals surface area contributed by atoms with Crippen LogP contribution in [0.3, 0.4) is 0 Å². The molecule has 0 aliphatic carbocycles. The van der Waals surface area contributed by atoms with Crippen molar-refractivity contribution in [2.24, 2.45) is 0 Å². The molecule has 1 aromatic carbocycles. The molecule has 0 atom stereocenters. The maximum absolute atomic E-state index is 2.31. The highest BCUT2D eigenvalue weighted by atomic mass is 32.1. The lowest BCUT2D eigenvalue weighted by molar-refractivity contribution is 0.603. The maximum Gasteiger partial charge on any atom is 0.238 e. The van der Waals surface area contributed by atoms with Crippen LogP contribution in [0.25, 0.3) is 10.4 Å². The number of benzene rings is 1. The lowest BCUT2D eigenvalue weighted by atomic mass is 9.94. The summed E-state index contributed by atoms with van der Waals surface area (Å²) in [6.07, 6.45) is 0. The molecular formula is C17H21S+. The van der Waals surface area contributed by atoms with E-state index in [1.165, 1.54) is 26.4 Å². The van der Waals surface area contributed by atoms with Gasteiger partial charge in [-0.15, -0.1) is 0 Å². The van der Waals surface area contributed by atoms with Gasteiger partial charge in [-0.05, 0) is 31.0 Å². The highest BCUT2D eigenvalue weighted by Crippen LogP contribution is 2.35. The summed E-state index contributed by atoms with van der Waals surface area (Å²) in [5, 5.41) is 0. The Kier molecular flexibility index (Phi) is 3.54. The number of rotatable bonds is 1. The van der Waals surface area contributed by atoms with Crippen molar-refractivity contribution < 1.29 is 0 Å². The Balaban J connectivity index is 2.60. The SMILES string of the molecule is Cc1cc(-c2ccccc2C)[s+]c(C(C)(C)C)c1. The van der Waals surface area contributed by atoms with Gasteiger partial charge in [0.05, 0.1) is 0 Å². The smallest absolute Gasteiger partial charge is 0.0620 e. The zero-order valence-corrected chi connectivity index (χ0v) is 12.7. The zero-order chi connectivity index (χ0) is 13.3. The van der Waals surface area contributed by atoms with E-state index < -0.39 is 0 Å². The average molecular weight is 257 g/mol. The van der Waals surface area contributed by atoms with E-state index in [9.17, 15) is 0 Å². The van der Waals surface area contributed by atoms with Gasteiger partial charge in [0.15, 0.2) is 0 Å². The Hall–Kier alpha value is -1.21. The average Bonchev–Trinajstić information content (AvgIpc) is 2.27. The first-order chi connectivity index (χ1) is 8.38. The number of hydrogen-bond donors (Lipinski definition) is 0. The third-order valence-corrected chi connectivity index (χ3v) is 4.59. The molecule has 1 aromatic heterocycles. The van der Waals surface area contributed by atoms with Crippen LogP contribution >= 0.6 is 11.3 Å². The molecule has 18 heavy (non-hydrogen) atoms. The maximum atomic E-state index is 2.31. The lowest BCUT2D eigenvalue weighted by Gasteiger charge is -2.11. The summed E-state index contributed by atoms with van der Waals surface area (Å²) in [5.74, 6) is 0. The fourth-order valence-electron chi connectivity index (χ4n) is 1.98. The molecule has 0 unspecified atom stereocenters. The molecule has 2 aromatic rings. The third kappa shape index (κ3) is 2.78. The van der Waals surface area contributed by atoms with Crippen molar-refractivity contribution >= 4 is 11.3 Å². The van der Waals surface area contributed by atoms with Gasteiger partial charge in [0.2, 0.25) is 21.1 Å². The topological polar surface area (TPSA) is 0 Å². The van der Waals surface area contributed by atoms with Crippen LogP contribution in [0.15, 0.2) is 36.4 Å². The van der Waals surface area contributed by atoms with Gasteiger partial charge in [-0.3, -0.25) is 0 Å². The van der Waals surface area contributed by atoms with E-state index in [2.05, 4.69) is 71.0 Å². The highest BCUT2D eigenvalue weighted by Gasteiger charge is 2.26. The molecule has 0 spiro atoms. The second-order valence-corrected chi connectivity index (χ2v) is 7.01. The van der Waals surface area contributed by atoms with Gasteiger partial charge < -0.3 is 0 Å². The summed E-state index contributed by atoms with van der Waals surface area (Å²) in [6.45, 7) is 11.2. The van der Waals surface area contributed by atoms with Crippen molar-refractivity contribution in [2.75, 3.05) is 0 Å². The van der Waals surface area contributed by atoms with E-state index in [4.69, 9.17) is 0 Å². The Labute approximate surface area is 114 Å². The molecule has 0 bridgehead atoms.